The van der Waals surface area contributed by atoms with E-state index >= 15 is 0 Å². The maximum absolute atomic E-state index is 9.51. The van der Waals surface area contributed by atoms with E-state index in [0.717, 1.165) is 37.4 Å². The lowest BCUT2D eigenvalue weighted by Gasteiger charge is -2.42. The highest BCUT2D eigenvalue weighted by Crippen LogP contribution is 2.43. The number of hydrogen-bond acceptors (Lipinski definition) is 3. The van der Waals surface area contributed by atoms with Crippen LogP contribution in [0.5, 0.6) is 0 Å². The summed E-state index contributed by atoms with van der Waals surface area (Å²) in [6.45, 7) is 5.57. The molecular weight excluding hydrogens is 176 g/mol. The fourth-order valence-electron chi connectivity index (χ4n) is 3.63. The van der Waals surface area contributed by atoms with Gasteiger partial charge in [-0.05, 0) is 38.1 Å². The zero-order valence-corrected chi connectivity index (χ0v) is 8.82. The molecule has 0 aromatic heterocycles. The first-order valence-corrected chi connectivity index (χ1v) is 5.91. The molecule has 0 radical (unpaired) electrons. The van der Waals surface area contributed by atoms with E-state index in [1.54, 1.807) is 0 Å². The van der Waals surface area contributed by atoms with Crippen LogP contribution in [0.25, 0.3) is 0 Å². The van der Waals surface area contributed by atoms with Crippen LogP contribution in [0.2, 0.25) is 0 Å². The fourth-order valence-corrected chi connectivity index (χ4v) is 3.63. The van der Waals surface area contributed by atoms with E-state index in [1.165, 1.54) is 13.0 Å². The highest BCUT2D eigenvalue weighted by atomic mass is 16.3. The molecule has 3 heteroatoms. The van der Waals surface area contributed by atoms with Crippen molar-refractivity contribution >= 4 is 0 Å². The number of likely N-dealkylation sites (tertiary alicyclic amines) is 1. The van der Waals surface area contributed by atoms with Gasteiger partial charge in [0.2, 0.25) is 0 Å². The number of rotatable bonds is 2. The topological polar surface area (TPSA) is 35.5 Å². The normalized spacial score (nSPS) is 49.3. The van der Waals surface area contributed by atoms with Gasteiger partial charge in [0.1, 0.15) is 0 Å². The minimum absolute atomic E-state index is 0.0665. The average molecular weight is 196 g/mol. The van der Waals surface area contributed by atoms with Gasteiger partial charge in [-0.2, -0.15) is 0 Å². The predicted molar refractivity (Wildman–Crippen MR) is 55.0 cm³/mol. The van der Waals surface area contributed by atoms with Crippen LogP contribution >= 0.6 is 0 Å². The van der Waals surface area contributed by atoms with Crippen LogP contribution in [0.3, 0.4) is 0 Å². The van der Waals surface area contributed by atoms with Crippen molar-refractivity contribution in [3.8, 4) is 0 Å². The highest BCUT2D eigenvalue weighted by molar-refractivity contribution is 5.06. The molecule has 2 N–H and O–H groups in total. The van der Waals surface area contributed by atoms with E-state index < -0.39 is 0 Å². The summed E-state index contributed by atoms with van der Waals surface area (Å²) in [5, 5.41) is 13.1. The van der Waals surface area contributed by atoms with Gasteiger partial charge >= 0.3 is 0 Å². The van der Waals surface area contributed by atoms with Crippen molar-refractivity contribution < 1.29 is 5.11 Å². The second kappa shape index (κ2) is 3.19. The van der Waals surface area contributed by atoms with Crippen molar-refractivity contribution in [1.82, 2.24) is 10.2 Å². The van der Waals surface area contributed by atoms with Gasteiger partial charge in [-0.3, -0.25) is 4.90 Å². The largest absolute Gasteiger partial charge is 0.392 e. The molecule has 3 aliphatic heterocycles. The van der Waals surface area contributed by atoms with Crippen LogP contribution in [0.4, 0.5) is 0 Å². The van der Waals surface area contributed by atoms with E-state index in [1.807, 2.05) is 0 Å². The Morgan fingerprint density at radius 1 is 1.50 bits per heavy atom. The van der Waals surface area contributed by atoms with Crippen molar-refractivity contribution in [3.05, 3.63) is 0 Å². The summed E-state index contributed by atoms with van der Waals surface area (Å²) in [5.41, 5.74) is 0. The second-order valence-corrected chi connectivity index (χ2v) is 5.27. The summed E-state index contributed by atoms with van der Waals surface area (Å²) in [5.74, 6) is 1.79. The number of β-amino-alcohol motifs (C(OH)–C–C–N with tert-alkyl or cyclic N) is 1. The van der Waals surface area contributed by atoms with Gasteiger partial charge in [0.25, 0.3) is 0 Å². The number of nitrogens with zero attached hydrogens (tertiary/aromatic N) is 1. The van der Waals surface area contributed by atoms with E-state index in [9.17, 15) is 5.11 Å². The first kappa shape index (κ1) is 9.13. The lowest BCUT2D eigenvalue weighted by Crippen LogP contribution is -2.50. The first-order chi connectivity index (χ1) is 6.75. The standard InChI is InChI=1S/C11H20N2O/c1-7(13-3-2-9(14)6-13)11-8-4-10(11)12-5-8/h7-12,14H,2-6H2,1H3. The van der Waals surface area contributed by atoms with Crippen LogP contribution in [-0.4, -0.2) is 47.8 Å². The summed E-state index contributed by atoms with van der Waals surface area (Å²) in [6.07, 6.45) is 2.30. The molecule has 80 valence electrons. The Labute approximate surface area is 85.5 Å². The zero-order chi connectivity index (χ0) is 9.71. The third-order valence-electron chi connectivity index (χ3n) is 4.54. The van der Waals surface area contributed by atoms with Gasteiger partial charge in [0.15, 0.2) is 0 Å². The summed E-state index contributed by atoms with van der Waals surface area (Å²) in [4.78, 5) is 2.47. The molecule has 5 atom stereocenters. The molecule has 4 rings (SSSR count). The molecule has 14 heavy (non-hydrogen) atoms. The highest BCUT2D eigenvalue weighted by Gasteiger charge is 2.50. The van der Waals surface area contributed by atoms with Gasteiger partial charge in [-0.1, -0.05) is 0 Å². The van der Waals surface area contributed by atoms with Crippen molar-refractivity contribution in [2.24, 2.45) is 11.8 Å². The Morgan fingerprint density at radius 2 is 2.36 bits per heavy atom. The van der Waals surface area contributed by atoms with E-state index in [2.05, 4.69) is 17.1 Å². The summed E-state index contributed by atoms with van der Waals surface area (Å²) in [6, 6.07) is 1.46. The smallest absolute Gasteiger partial charge is 0.0679 e. The van der Waals surface area contributed by atoms with Gasteiger partial charge < -0.3 is 10.4 Å². The van der Waals surface area contributed by atoms with Crippen LogP contribution < -0.4 is 5.32 Å². The molecule has 3 heterocycles. The minimum Gasteiger partial charge on any atom is -0.392 e. The average Bonchev–Trinajstić information content (AvgIpc) is 2.75. The molecule has 5 unspecified atom stereocenters. The molecule has 0 aromatic carbocycles. The molecular formula is C11H20N2O. The summed E-state index contributed by atoms with van der Waals surface area (Å²) < 4.78 is 0. The molecule has 0 amide bonds. The summed E-state index contributed by atoms with van der Waals surface area (Å²) in [7, 11) is 0. The van der Waals surface area contributed by atoms with E-state index in [0.29, 0.717) is 6.04 Å². The Kier molecular flexibility index (Phi) is 2.08. The molecule has 4 aliphatic rings. The van der Waals surface area contributed by atoms with Crippen molar-refractivity contribution in [1.29, 1.82) is 0 Å². The summed E-state index contributed by atoms with van der Waals surface area (Å²) >= 11 is 0. The maximum atomic E-state index is 9.51. The maximum Gasteiger partial charge on any atom is 0.0679 e. The Bertz CT molecular complexity index is 219. The third kappa shape index (κ3) is 1.23. The van der Waals surface area contributed by atoms with E-state index in [4.69, 9.17) is 0 Å². The fraction of sp³-hybridized carbons (Fsp3) is 1.00. The zero-order valence-electron chi connectivity index (χ0n) is 8.82. The van der Waals surface area contributed by atoms with E-state index in [-0.39, 0.29) is 6.10 Å². The number of aliphatic hydroxyl groups excluding tert-OH is 1. The van der Waals surface area contributed by atoms with Crippen LogP contribution in [0.1, 0.15) is 19.8 Å². The Morgan fingerprint density at radius 3 is 2.86 bits per heavy atom. The number of hydrogen-bond donors (Lipinski definition) is 2. The van der Waals surface area contributed by atoms with Crippen LogP contribution in [0.15, 0.2) is 0 Å². The molecule has 2 bridgehead atoms. The SMILES string of the molecule is CC(C1C2CNC1C2)N1CCC(O)C1. The van der Waals surface area contributed by atoms with Gasteiger partial charge in [0.05, 0.1) is 6.10 Å². The number of fused-ring (bicyclic) bond motifs is 1. The molecule has 0 spiro atoms. The van der Waals surface area contributed by atoms with Crippen molar-refractivity contribution in [2.75, 3.05) is 19.6 Å². The lowest BCUT2D eigenvalue weighted by atomic mass is 9.70. The molecule has 4 fully saturated rings. The van der Waals surface area contributed by atoms with Gasteiger partial charge in [-0.25, -0.2) is 0 Å². The number of nitrogens with one attached hydrogen (secondary N) is 1. The molecule has 3 nitrogen and oxygen atoms in total. The third-order valence-corrected chi connectivity index (χ3v) is 4.54. The van der Waals surface area contributed by atoms with Gasteiger partial charge in [-0.15, -0.1) is 0 Å². The van der Waals surface area contributed by atoms with Crippen molar-refractivity contribution in [2.45, 2.75) is 38.0 Å². The van der Waals surface area contributed by atoms with Gasteiger partial charge in [0, 0.05) is 25.2 Å². The Balaban J connectivity index is 1.63. The first-order valence-electron chi connectivity index (χ1n) is 5.91. The quantitative estimate of drug-likeness (QED) is 0.655. The predicted octanol–water partition coefficient (Wildman–Crippen LogP) is 0.0494. The van der Waals surface area contributed by atoms with Crippen LogP contribution in [-0.2, 0) is 0 Å². The molecule has 1 aliphatic carbocycles. The monoisotopic (exact) mass is 196 g/mol. The Hall–Kier alpha value is -0.120. The van der Waals surface area contributed by atoms with Crippen LogP contribution in [0, 0.1) is 11.8 Å². The lowest BCUT2D eigenvalue weighted by molar-refractivity contribution is 0.0750. The molecule has 0 aromatic rings. The second-order valence-electron chi connectivity index (χ2n) is 5.27. The molecule has 1 saturated carbocycles. The molecule has 3 saturated heterocycles. The van der Waals surface area contributed by atoms with Crippen molar-refractivity contribution in [3.63, 3.8) is 0 Å². The minimum atomic E-state index is -0.0665. The number of aliphatic hydroxyl groups is 1.